The van der Waals surface area contributed by atoms with E-state index in [1.165, 1.54) is 6.92 Å². The van der Waals surface area contributed by atoms with Crippen LogP contribution in [0, 0.1) is 0 Å². The largest absolute Gasteiger partial charge is 0.497 e. The molecule has 0 bridgehead atoms. The van der Waals surface area contributed by atoms with Crippen LogP contribution in [-0.4, -0.2) is 32.9 Å². The van der Waals surface area contributed by atoms with Gasteiger partial charge in [0.1, 0.15) is 5.75 Å². The van der Waals surface area contributed by atoms with Gasteiger partial charge in [0, 0.05) is 28.8 Å². The number of Topliss-reactive ketones (excluding diaryl/α,β-unsaturated/α-hetero) is 1. The minimum Gasteiger partial charge on any atom is -0.497 e. The summed E-state index contributed by atoms with van der Waals surface area (Å²) in [6.07, 6.45) is 1.70. The second kappa shape index (κ2) is 8.33. The van der Waals surface area contributed by atoms with Crippen molar-refractivity contribution in [1.82, 2.24) is 14.7 Å². The first-order valence-electron chi connectivity index (χ1n) is 8.58. The fourth-order valence-electron chi connectivity index (χ4n) is 2.60. The van der Waals surface area contributed by atoms with Crippen molar-refractivity contribution in [2.45, 2.75) is 18.4 Å². The third-order valence-corrected chi connectivity index (χ3v) is 5.79. The Labute approximate surface area is 164 Å². The van der Waals surface area contributed by atoms with Gasteiger partial charge in [-0.2, -0.15) is 0 Å². The summed E-state index contributed by atoms with van der Waals surface area (Å²) in [5, 5.41) is 0. The summed E-state index contributed by atoms with van der Waals surface area (Å²) in [7, 11) is -1.18. The molecule has 1 N–H and O–H groups in total. The summed E-state index contributed by atoms with van der Waals surface area (Å²) < 4.78 is 21.3. The molecule has 0 aliphatic rings. The lowest BCUT2D eigenvalue weighted by molar-refractivity contribution is 0.101. The molecule has 0 amide bonds. The standard InChI is InChI=1S/C21H21N3O3S/c1-15(25)16-7-9-19(10-8-16)28(3,26)23-14-17-12-18(27-2)13-21(24-17)20-6-4-5-11-22-20/h4-13H,3,14H2,1-2H3,(H,23,26). The Morgan fingerprint density at radius 3 is 2.50 bits per heavy atom. The topological polar surface area (TPSA) is 81.2 Å². The van der Waals surface area contributed by atoms with Gasteiger partial charge in [-0.3, -0.25) is 9.78 Å². The molecule has 1 aromatic carbocycles. The number of benzene rings is 1. The normalized spacial score (nSPS) is 12.9. The molecular formula is C21H21N3O3S. The monoisotopic (exact) mass is 395 g/mol. The number of rotatable bonds is 7. The first-order chi connectivity index (χ1) is 13.4. The summed E-state index contributed by atoms with van der Waals surface area (Å²) in [5.74, 6) is 4.40. The molecule has 0 aliphatic heterocycles. The molecule has 0 radical (unpaired) electrons. The van der Waals surface area contributed by atoms with Gasteiger partial charge < -0.3 is 4.74 Å². The molecule has 0 aliphatic carbocycles. The Hall–Kier alpha value is -3.03. The first-order valence-corrected chi connectivity index (χ1v) is 10.3. The molecule has 1 unspecified atom stereocenters. The summed E-state index contributed by atoms with van der Waals surface area (Å²) in [4.78, 5) is 20.8. The molecule has 3 rings (SSSR count). The smallest absolute Gasteiger partial charge is 0.159 e. The van der Waals surface area contributed by atoms with E-state index in [0.29, 0.717) is 27.6 Å². The average molecular weight is 395 g/mol. The summed E-state index contributed by atoms with van der Waals surface area (Å²) in [6, 6.07) is 15.7. The molecular weight excluding hydrogens is 374 g/mol. The highest BCUT2D eigenvalue weighted by atomic mass is 32.2. The predicted octanol–water partition coefficient (Wildman–Crippen LogP) is 3.13. The van der Waals surface area contributed by atoms with E-state index >= 15 is 0 Å². The zero-order valence-corrected chi connectivity index (χ0v) is 16.5. The van der Waals surface area contributed by atoms with Crippen molar-refractivity contribution in [1.29, 1.82) is 0 Å². The van der Waals surface area contributed by atoms with Gasteiger partial charge in [-0.15, -0.1) is 0 Å². The van der Waals surface area contributed by atoms with Crippen molar-refractivity contribution in [3.8, 4) is 17.1 Å². The number of hydrogen-bond acceptors (Lipinski definition) is 5. The highest BCUT2D eigenvalue weighted by Gasteiger charge is 2.11. The van der Waals surface area contributed by atoms with E-state index in [1.807, 2.05) is 18.2 Å². The van der Waals surface area contributed by atoms with Gasteiger partial charge in [0.2, 0.25) is 0 Å². The molecule has 7 heteroatoms. The van der Waals surface area contributed by atoms with Gasteiger partial charge in [0.25, 0.3) is 0 Å². The minimum absolute atomic E-state index is 0.0438. The van der Waals surface area contributed by atoms with Gasteiger partial charge in [-0.1, -0.05) is 18.2 Å². The van der Waals surface area contributed by atoms with E-state index in [4.69, 9.17) is 4.74 Å². The van der Waals surface area contributed by atoms with Crippen LogP contribution in [-0.2, 0) is 16.3 Å². The maximum atomic E-state index is 13.0. The number of nitrogens with one attached hydrogen (secondary N) is 1. The van der Waals surface area contributed by atoms with Crippen LogP contribution < -0.4 is 9.46 Å². The number of ketones is 1. The number of carbonyl (C=O) groups is 1. The van der Waals surface area contributed by atoms with E-state index in [9.17, 15) is 9.00 Å². The van der Waals surface area contributed by atoms with Crippen LogP contribution in [0.3, 0.4) is 0 Å². The van der Waals surface area contributed by atoms with Crippen molar-refractivity contribution in [2.75, 3.05) is 7.11 Å². The van der Waals surface area contributed by atoms with Crippen LogP contribution in [0.4, 0.5) is 0 Å². The number of aromatic nitrogens is 2. The number of hydrogen-bond donors (Lipinski definition) is 1. The Kier molecular flexibility index (Phi) is 5.87. The maximum absolute atomic E-state index is 13.0. The molecule has 28 heavy (non-hydrogen) atoms. The summed E-state index contributed by atoms with van der Waals surface area (Å²) >= 11 is 0. The van der Waals surface area contributed by atoms with E-state index < -0.39 is 9.71 Å². The van der Waals surface area contributed by atoms with Gasteiger partial charge in [0.15, 0.2) is 5.78 Å². The molecule has 0 saturated carbocycles. The SMILES string of the molecule is C=S(=O)(NCc1cc(OC)cc(-c2ccccn2)n1)c1ccc(C(C)=O)cc1. The van der Waals surface area contributed by atoms with Crippen LogP contribution in [0.5, 0.6) is 5.75 Å². The zero-order chi connectivity index (χ0) is 20.1. The predicted molar refractivity (Wildman–Crippen MR) is 111 cm³/mol. The van der Waals surface area contributed by atoms with E-state index in [-0.39, 0.29) is 12.3 Å². The van der Waals surface area contributed by atoms with Crippen LogP contribution in [0.25, 0.3) is 11.4 Å². The maximum Gasteiger partial charge on any atom is 0.159 e. The van der Waals surface area contributed by atoms with Crippen molar-refractivity contribution in [3.63, 3.8) is 0 Å². The van der Waals surface area contributed by atoms with Crippen LogP contribution in [0.15, 0.2) is 65.7 Å². The van der Waals surface area contributed by atoms with Crippen LogP contribution in [0.1, 0.15) is 23.0 Å². The molecule has 0 spiro atoms. The van der Waals surface area contributed by atoms with Gasteiger partial charge in [-0.05, 0) is 37.1 Å². The molecule has 3 aromatic rings. The Morgan fingerprint density at radius 2 is 1.89 bits per heavy atom. The molecule has 2 aromatic heterocycles. The first kappa shape index (κ1) is 19.7. The fraction of sp³-hybridized carbons (Fsp3) is 0.143. The lowest BCUT2D eigenvalue weighted by Gasteiger charge is -2.13. The molecule has 144 valence electrons. The highest BCUT2D eigenvalue weighted by Crippen LogP contribution is 2.22. The number of ether oxygens (including phenoxy) is 1. The van der Waals surface area contributed by atoms with E-state index in [1.54, 1.807) is 49.7 Å². The van der Waals surface area contributed by atoms with Crippen LogP contribution in [0.2, 0.25) is 0 Å². The third-order valence-electron chi connectivity index (χ3n) is 4.14. The van der Waals surface area contributed by atoms with E-state index in [2.05, 4.69) is 20.6 Å². The van der Waals surface area contributed by atoms with E-state index in [0.717, 1.165) is 5.69 Å². The van der Waals surface area contributed by atoms with Crippen molar-refractivity contribution < 1.29 is 13.7 Å². The Bertz CT molecular complexity index is 1080. The molecule has 6 nitrogen and oxygen atoms in total. The van der Waals surface area contributed by atoms with Crippen LogP contribution >= 0.6 is 0 Å². The molecule has 0 saturated heterocycles. The second-order valence-corrected chi connectivity index (χ2v) is 8.29. The molecule has 0 fully saturated rings. The number of nitrogens with zero attached hydrogens (tertiary/aromatic N) is 2. The lowest BCUT2D eigenvalue weighted by atomic mass is 10.2. The van der Waals surface area contributed by atoms with Gasteiger partial charge >= 0.3 is 0 Å². The third kappa shape index (κ3) is 4.62. The molecule has 2 heterocycles. The highest BCUT2D eigenvalue weighted by molar-refractivity contribution is 7.98. The minimum atomic E-state index is -2.76. The zero-order valence-electron chi connectivity index (χ0n) is 15.7. The summed E-state index contributed by atoms with van der Waals surface area (Å²) in [5.41, 5.74) is 2.60. The number of methoxy groups -OCH3 is 1. The molecule has 1 atom stereocenters. The Balaban J connectivity index is 1.82. The average Bonchev–Trinajstić information content (AvgIpc) is 2.73. The van der Waals surface area contributed by atoms with Crippen molar-refractivity contribution >= 4 is 21.4 Å². The van der Waals surface area contributed by atoms with Gasteiger partial charge in [0.05, 0.1) is 40.4 Å². The fourth-order valence-corrected chi connectivity index (χ4v) is 3.72. The summed E-state index contributed by atoms with van der Waals surface area (Å²) in [6.45, 7) is 1.72. The van der Waals surface area contributed by atoms with Crippen molar-refractivity contribution in [2.24, 2.45) is 0 Å². The van der Waals surface area contributed by atoms with Gasteiger partial charge in [-0.25, -0.2) is 13.9 Å². The second-order valence-electron chi connectivity index (χ2n) is 6.18. The van der Waals surface area contributed by atoms with Crippen molar-refractivity contribution in [3.05, 3.63) is 72.1 Å². The Morgan fingerprint density at radius 1 is 1.14 bits per heavy atom. The number of carbonyl (C=O) groups excluding carboxylic acids is 1. The quantitative estimate of drug-likeness (QED) is 0.491. The lowest BCUT2D eigenvalue weighted by Crippen LogP contribution is -2.23. The number of pyridine rings is 2.